The Morgan fingerprint density at radius 1 is 1.67 bits per heavy atom. The molecule has 0 bridgehead atoms. The summed E-state index contributed by atoms with van der Waals surface area (Å²) < 4.78 is 1.82. The maximum absolute atomic E-state index is 3.92. The largest absolute Gasteiger partial charge is 0.352 e. The van der Waals surface area contributed by atoms with Gasteiger partial charge in [-0.05, 0) is 0 Å². The monoisotopic (exact) mass is 123 g/mol. The molecule has 0 saturated heterocycles. The average molecular weight is 123 g/mol. The number of nitrogens with one attached hydrogen (secondary N) is 2. The molecule has 9 heavy (non-hydrogen) atoms. The zero-order chi connectivity index (χ0) is 6.10. The molecule has 0 atom stereocenters. The summed E-state index contributed by atoms with van der Waals surface area (Å²) in [6.45, 7) is 1.88. The van der Waals surface area contributed by atoms with Gasteiger partial charge in [-0.3, -0.25) is 0 Å². The minimum Gasteiger partial charge on any atom is -0.352 e. The van der Waals surface area contributed by atoms with Crippen LogP contribution in [0.25, 0.3) is 0 Å². The Bertz CT molecular complexity index is 184. The highest BCUT2D eigenvalue weighted by Gasteiger charge is 2.04. The van der Waals surface area contributed by atoms with Crippen molar-refractivity contribution in [3.63, 3.8) is 0 Å². The van der Waals surface area contributed by atoms with E-state index in [9.17, 15) is 0 Å². The Kier molecular flexibility index (Phi) is 0.855. The molecule has 0 fully saturated rings. The first-order valence-electron chi connectivity index (χ1n) is 2.90. The smallest absolute Gasteiger partial charge is 0.222 e. The van der Waals surface area contributed by atoms with Gasteiger partial charge < -0.3 is 10.7 Å². The molecule has 1 aliphatic rings. The minimum atomic E-state index is 0.848. The predicted molar refractivity (Wildman–Crippen MR) is 33.8 cm³/mol. The minimum absolute atomic E-state index is 0.848. The van der Waals surface area contributed by atoms with Gasteiger partial charge in [0.2, 0.25) is 5.95 Å². The van der Waals surface area contributed by atoms with Crippen molar-refractivity contribution in [2.24, 2.45) is 0 Å². The highest BCUT2D eigenvalue weighted by atomic mass is 15.5. The molecule has 1 radical (unpaired) electrons. The summed E-state index contributed by atoms with van der Waals surface area (Å²) in [5.41, 5.74) is 3.10. The predicted octanol–water partition coefficient (Wildman–Crippen LogP) is -0.348. The first kappa shape index (κ1) is 4.67. The van der Waals surface area contributed by atoms with Crippen molar-refractivity contribution in [1.29, 1.82) is 0 Å². The molecular weight excluding hydrogens is 116 g/mol. The summed E-state index contributed by atoms with van der Waals surface area (Å²) in [4.78, 5) is 3.92. The maximum atomic E-state index is 3.92. The summed E-state index contributed by atoms with van der Waals surface area (Å²) in [7, 11) is 0. The van der Waals surface area contributed by atoms with Crippen molar-refractivity contribution < 1.29 is 0 Å². The van der Waals surface area contributed by atoms with Crippen LogP contribution in [0, 0.1) is 6.20 Å². The third-order valence-corrected chi connectivity index (χ3v) is 1.28. The number of aromatic nitrogens is 2. The van der Waals surface area contributed by atoms with Crippen LogP contribution in [0.15, 0.2) is 6.20 Å². The molecule has 1 aromatic rings. The molecule has 0 unspecified atom stereocenters. The summed E-state index contributed by atoms with van der Waals surface area (Å²) in [5, 5.41) is 3.10. The Balaban J connectivity index is 2.39. The lowest BCUT2D eigenvalue weighted by atomic mass is 10.6. The summed E-state index contributed by atoms with van der Waals surface area (Å²) in [5.74, 6) is 0.848. The number of anilines is 1. The van der Waals surface area contributed by atoms with Gasteiger partial charge in [0.25, 0.3) is 0 Å². The zero-order valence-electron chi connectivity index (χ0n) is 4.89. The first-order valence-corrected chi connectivity index (χ1v) is 2.90. The highest BCUT2D eigenvalue weighted by Crippen LogP contribution is 2.02. The lowest BCUT2D eigenvalue weighted by molar-refractivity contribution is 0.793. The number of hydrogen-bond acceptors (Lipinski definition) is 3. The normalized spacial score (nSPS) is 15.6. The number of imidazole rings is 1. The summed E-state index contributed by atoms with van der Waals surface area (Å²) in [6.07, 6.45) is 4.49. The van der Waals surface area contributed by atoms with E-state index in [-0.39, 0.29) is 0 Å². The van der Waals surface area contributed by atoms with Gasteiger partial charge in [-0.1, -0.05) is 0 Å². The number of nitrogens with zero attached hydrogens (tertiary/aromatic N) is 2. The van der Waals surface area contributed by atoms with E-state index in [1.807, 2.05) is 4.68 Å². The molecule has 1 aromatic heterocycles. The van der Waals surface area contributed by atoms with E-state index in [1.54, 1.807) is 6.20 Å². The fraction of sp³-hybridized carbons (Fsp3) is 0.400. The second-order valence-electron chi connectivity index (χ2n) is 1.90. The quantitative estimate of drug-likeness (QED) is 0.495. The van der Waals surface area contributed by atoms with Crippen LogP contribution in [-0.4, -0.2) is 22.7 Å². The van der Waals surface area contributed by atoms with Gasteiger partial charge in [0.05, 0.1) is 6.20 Å². The van der Waals surface area contributed by atoms with Crippen LogP contribution >= 0.6 is 0 Å². The molecule has 4 heteroatoms. The van der Waals surface area contributed by atoms with E-state index in [0.29, 0.717) is 0 Å². The van der Waals surface area contributed by atoms with E-state index in [1.165, 1.54) is 0 Å². The third kappa shape index (κ3) is 0.630. The molecule has 47 valence electrons. The van der Waals surface area contributed by atoms with Crippen LogP contribution in [0.1, 0.15) is 0 Å². The number of fused-ring (bicyclic) bond motifs is 1. The van der Waals surface area contributed by atoms with Crippen LogP contribution in [0.2, 0.25) is 0 Å². The Morgan fingerprint density at radius 2 is 2.67 bits per heavy atom. The van der Waals surface area contributed by atoms with Crippen molar-refractivity contribution in [1.82, 2.24) is 9.66 Å². The van der Waals surface area contributed by atoms with Crippen molar-refractivity contribution in [3.05, 3.63) is 12.4 Å². The van der Waals surface area contributed by atoms with Gasteiger partial charge in [-0.25, -0.2) is 9.66 Å². The van der Waals surface area contributed by atoms with Crippen LogP contribution in [0.3, 0.4) is 0 Å². The van der Waals surface area contributed by atoms with Crippen molar-refractivity contribution in [2.75, 3.05) is 23.8 Å². The second-order valence-corrected chi connectivity index (χ2v) is 1.90. The van der Waals surface area contributed by atoms with Crippen LogP contribution < -0.4 is 10.7 Å². The van der Waals surface area contributed by atoms with E-state index >= 15 is 0 Å². The third-order valence-electron chi connectivity index (χ3n) is 1.28. The number of rotatable bonds is 0. The van der Waals surface area contributed by atoms with Gasteiger partial charge in [0.15, 0.2) is 0 Å². The summed E-state index contributed by atoms with van der Waals surface area (Å²) in [6, 6.07) is 0. The van der Waals surface area contributed by atoms with Crippen LogP contribution in [-0.2, 0) is 0 Å². The van der Waals surface area contributed by atoms with Gasteiger partial charge in [-0.15, -0.1) is 0 Å². The van der Waals surface area contributed by atoms with Gasteiger partial charge in [0.1, 0.15) is 6.20 Å². The molecule has 4 nitrogen and oxygen atoms in total. The Labute approximate surface area is 52.9 Å². The van der Waals surface area contributed by atoms with E-state index in [2.05, 4.69) is 21.9 Å². The SMILES string of the molecule is [c]1cn2c(n1)NCCN2. The van der Waals surface area contributed by atoms with Gasteiger partial charge >= 0.3 is 0 Å². The second kappa shape index (κ2) is 1.65. The maximum Gasteiger partial charge on any atom is 0.222 e. The highest BCUT2D eigenvalue weighted by molar-refractivity contribution is 5.28. The Morgan fingerprint density at radius 3 is 3.56 bits per heavy atom. The van der Waals surface area contributed by atoms with E-state index in [4.69, 9.17) is 0 Å². The molecule has 2 rings (SSSR count). The lowest BCUT2D eigenvalue weighted by Gasteiger charge is -2.16. The fourth-order valence-corrected chi connectivity index (χ4v) is 0.859. The first-order chi connectivity index (χ1) is 4.47. The van der Waals surface area contributed by atoms with Crippen molar-refractivity contribution >= 4 is 5.95 Å². The lowest BCUT2D eigenvalue weighted by Crippen LogP contribution is -2.29. The van der Waals surface area contributed by atoms with Crippen LogP contribution in [0.5, 0.6) is 0 Å². The van der Waals surface area contributed by atoms with Gasteiger partial charge in [0, 0.05) is 13.1 Å². The molecule has 0 aromatic carbocycles. The van der Waals surface area contributed by atoms with Crippen molar-refractivity contribution in [2.45, 2.75) is 0 Å². The zero-order valence-corrected chi connectivity index (χ0v) is 4.89. The molecule has 2 heterocycles. The molecular formula is C5H7N4. The summed E-state index contributed by atoms with van der Waals surface area (Å²) >= 11 is 0. The molecule has 0 aliphatic carbocycles. The molecule has 0 spiro atoms. The van der Waals surface area contributed by atoms with E-state index in [0.717, 1.165) is 19.0 Å². The number of hydrogen-bond donors (Lipinski definition) is 2. The molecule has 0 amide bonds. The average Bonchev–Trinajstić information content (AvgIpc) is 2.33. The molecule has 0 saturated carbocycles. The fourth-order valence-electron chi connectivity index (χ4n) is 0.859. The Hall–Kier alpha value is -1.19. The topological polar surface area (TPSA) is 41.9 Å². The van der Waals surface area contributed by atoms with Crippen molar-refractivity contribution in [3.8, 4) is 0 Å². The van der Waals surface area contributed by atoms with Gasteiger partial charge in [-0.2, -0.15) is 0 Å². The van der Waals surface area contributed by atoms with E-state index < -0.39 is 0 Å². The molecule has 2 N–H and O–H groups in total. The van der Waals surface area contributed by atoms with Crippen LogP contribution in [0.4, 0.5) is 5.95 Å². The molecule has 1 aliphatic heterocycles. The standard InChI is InChI=1S/C5H7N4/c1-2-8-9-4-3-7-5(9)6-1/h4,8H,1-2H2,(H,6,7).